The highest BCUT2D eigenvalue weighted by atomic mass is 19.1. The highest BCUT2D eigenvalue weighted by molar-refractivity contribution is 5.91. The monoisotopic (exact) mass is 323 g/mol. The lowest BCUT2D eigenvalue weighted by Gasteiger charge is -2.32. The summed E-state index contributed by atoms with van der Waals surface area (Å²) in [5.74, 6) is 0.362. The van der Waals surface area contributed by atoms with Crippen LogP contribution in [-0.4, -0.2) is 17.4 Å². The molecule has 1 aliphatic rings. The number of amides is 1. The molecule has 0 aromatic heterocycles. The van der Waals surface area contributed by atoms with Gasteiger partial charge < -0.3 is 4.90 Å². The second kappa shape index (κ2) is 7.91. The number of halogens is 1. The number of benzene rings is 2. The molecule has 0 spiro atoms. The summed E-state index contributed by atoms with van der Waals surface area (Å²) in [5.41, 5.74) is 1.97. The molecule has 24 heavy (non-hydrogen) atoms. The highest BCUT2D eigenvalue weighted by Crippen LogP contribution is 2.27. The molecule has 0 unspecified atom stereocenters. The van der Waals surface area contributed by atoms with Gasteiger partial charge in [-0.2, -0.15) is 0 Å². The Morgan fingerprint density at radius 3 is 2.42 bits per heavy atom. The van der Waals surface area contributed by atoms with E-state index in [2.05, 4.69) is 0 Å². The van der Waals surface area contributed by atoms with Crippen LogP contribution in [0.4, 0.5) is 4.39 Å². The average Bonchev–Trinajstić information content (AvgIpc) is 2.57. The lowest BCUT2D eigenvalue weighted by Crippen LogP contribution is -2.36. The zero-order valence-corrected chi connectivity index (χ0v) is 13.7. The van der Waals surface area contributed by atoms with Gasteiger partial charge >= 0.3 is 0 Å². The normalized spacial score (nSPS) is 14.5. The second-order valence-corrected chi connectivity index (χ2v) is 6.39. The highest BCUT2D eigenvalue weighted by Gasteiger charge is 2.22. The van der Waals surface area contributed by atoms with E-state index in [0.717, 1.165) is 17.7 Å². The van der Waals surface area contributed by atoms with Crippen molar-refractivity contribution < 1.29 is 9.18 Å². The first kappa shape index (κ1) is 16.4. The van der Waals surface area contributed by atoms with Crippen LogP contribution in [0.1, 0.15) is 30.4 Å². The maximum Gasteiger partial charge on any atom is 0.246 e. The first-order valence-corrected chi connectivity index (χ1v) is 8.47. The Kier molecular flexibility index (Phi) is 5.42. The minimum Gasteiger partial charge on any atom is -0.335 e. The van der Waals surface area contributed by atoms with E-state index in [1.54, 1.807) is 24.3 Å². The summed E-state index contributed by atoms with van der Waals surface area (Å²) in [6.07, 6.45) is 7.03. The van der Waals surface area contributed by atoms with Gasteiger partial charge in [-0.3, -0.25) is 4.79 Å². The summed E-state index contributed by atoms with van der Waals surface area (Å²) in [4.78, 5) is 14.5. The molecule has 1 saturated carbocycles. The number of carbonyl (C=O) groups excluding carboxylic acids is 1. The van der Waals surface area contributed by atoms with E-state index >= 15 is 0 Å². The number of nitrogens with zero attached hydrogens (tertiary/aromatic N) is 1. The Morgan fingerprint density at radius 1 is 1.08 bits per heavy atom. The molecule has 1 aliphatic carbocycles. The van der Waals surface area contributed by atoms with Crippen molar-refractivity contribution in [2.24, 2.45) is 5.92 Å². The molecule has 0 bridgehead atoms. The molecule has 1 fully saturated rings. The standard InChI is InChI=1S/C21H22FNO/c22-20-12-9-17(10-13-20)11-14-21(24)23(16-19-7-4-8-19)15-18-5-2-1-3-6-18/h1-3,5-6,9-14,19H,4,7-8,15-16H2. The van der Waals surface area contributed by atoms with Crippen LogP contribution < -0.4 is 0 Å². The molecule has 124 valence electrons. The molecule has 1 amide bonds. The maximum absolute atomic E-state index is 12.9. The molecule has 2 aromatic carbocycles. The van der Waals surface area contributed by atoms with Crippen molar-refractivity contribution in [3.8, 4) is 0 Å². The van der Waals surface area contributed by atoms with Crippen molar-refractivity contribution in [3.05, 3.63) is 77.6 Å². The third kappa shape index (κ3) is 4.54. The molecule has 0 heterocycles. The van der Waals surface area contributed by atoms with Crippen LogP contribution in [0.5, 0.6) is 0 Å². The second-order valence-electron chi connectivity index (χ2n) is 6.39. The van der Waals surface area contributed by atoms with Gasteiger partial charge in [-0.1, -0.05) is 48.9 Å². The van der Waals surface area contributed by atoms with Gasteiger partial charge in [-0.25, -0.2) is 4.39 Å². The first-order chi connectivity index (χ1) is 11.7. The molecule has 3 rings (SSSR count). The van der Waals surface area contributed by atoms with Crippen molar-refractivity contribution in [3.63, 3.8) is 0 Å². The molecule has 0 radical (unpaired) electrons. The summed E-state index contributed by atoms with van der Waals surface area (Å²) >= 11 is 0. The van der Waals surface area contributed by atoms with Gasteiger partial charge in [0, 0.05) is 19.2 Å². The summed E-state index contributed by atoms with van der Waals surface area (Å²) in [5, 5.41) is 0. The lowest BCUT2D eigenvalue weighted by molar-refractivity contribution is -0.127. The van der Waals surface area contributed by atoms with Crippen LogP contribution in [0, 0.1) is 11.7 Å². The summed E-state index contributed by atoms with van der Waals surface area (Å²) in [6.45, 7) is 1.44. The van der Waals surface area contributed by atoms with E-state index in [1.165, 1.54) is 31.4 Å². The number of rotatable bonds is 6. The molecule has 0 atom stereocenters. The first-order valence-electron chi connectivity index (χ1n) is 8.47. The average molecular weight is 323 g/mol. The van der Waals surface area contributed by atoms with E-state index in [9.17, 15) is 9.18 Å². The molecule has 2 nitrogen and oxygen atoms in total. The van der Waals surface area contributed by atoms with Gasteiger partial charge in [0.25, 0.3) is 0 Å². The predicted molar refractivity (Wildman–Crippen MR) is 94.6 cm³/mol. The lowest BCUT2D eigenvalue weighted by atomic mass is 9.85. The fourth-order valence-corrected chi connectivity index (χ4v) is 2.87. The zero-order valence-electron chi connectivity index (χ0n) is 13.7. The van der Waals surface area contributed by atoms with Crippen LogP contribution in [0.3, 0.4) is 0 Å². The largest absolute Gasteiger partial charge is 0.335 e. The molecular weight excluding hydrogens is 301 g/mol. The molecule has 0 saturated heterocycles. The van der Waals surface area contributed by atoms with E-state index in [-0.39, 0.29) is 11.7 Å². The van der Waals surface area contributed by atoms with Crippen molar-refractivity contribution in [1.29, 1.82) is 0 Å². The Morgan fingerprint density at radius 2 is 1.79 bits per heavy atom. The van der Waals surface area contributed by atoms with Gasteiger partial charge in [-0.05, 0) is 48.1 Å². The van der Waals surface area contributed by atoms with E-state index in [1.807, 2.05) is 35.2 Å². The molecule has 2 aromatic rings. The zero-order chi connectivity index (χ0) is 16.8. The molecular formula is C21H22FNO. The topological polar surface area (TPSA) is 20.3 Å². The van der Waals surface area contributed by atoms with Gasteiger partial charge in [0.1, 0.15) is 5.82 Å². The number of carbonyl (C=O) groups is 1. The Bertz CT molecular complexity index is 690. The van der Waals surface area contributed by atoms with Crippen molar-refractivity contribution >= 4 is 12.0 Å². The Hall–Kier alpha value is -2.42. The van der Waals surface area contributed by atoms with Gasteiger partial charge in [0.15, 0.2) is 0 Å². The summed E-state index contributed by atoms with van der Waals surface area (Å²) in [7, 11) is 0. The van der Waals surface area contributed by atoms with Gasteiger partial charge in [0.05, 0.1) is 0 Å². The Labute approximate surface area is 142 Å². The van der Waals surface area contributed by atoms with E-state index in [0.29, 0.717) is 12.5 Å². The number of hydrogen-bond acceptors (Lipinski definition) is 1. The van der Waals surface area contributed by atoms with E-state index in [4.69, 9.17) is 0 Å². The number of hydrogen-bond donors (Lipinski definition) is 0. The minimum absolute atomic E-state index is 0.00933. The van der Waals surface area contributed by atoms with Crippen molar-refractivity contribution in [2.45, 2.75) is 25.8 Å². The van der Waals surface area contributed by atoms with Crippen LogP contribution in [-0.2, 0) is 11.3 Å². The third-order valence-electron chi connectivity index (χ3n) is 4.52. The van der Waals surface area contributed by atoms with Crippen LogP contribution in [0.25, 0.3) is 6.08 Å². The maximum atomic E-state index is 12.9. The van der Waals surface area contributed by atoms with Crippen LogP contribution >= 0.6 is 0 Å². The van der Waals surface area contributed by atoms with Crippen molar-refractivity contribution in [1.82, 2.24) is 4.90 Å². The smallest absolute Gasteiger partial charge is 0.246 e. The van der Waals surface area contributed by atoms with Crippen LogP contribution in [0.15, 0.2) is 60.7 Å². The van der Waals surface area contributed by atoms with Gasteiger partial charge in [0.2, 0.25) is 5.91 Å². The third-order valence-corrected chi connectivity index (χ3v) is 4.52. The quantitative estimate of drug-likeness (QED) is 0.708. The van der Waals surface area contributed by atoms with Crippen molar-refractivity contribution in [2.75, 3.05) is 6.54 Å². The summed E-state index contributed by atoms with van der Waals surface area (Å²) < 4.78 is 12.9. The Balaban J connectivity index is 1.68. The van der Waals surface area contributed by atoms with Crippen LogP contribution in [0.2, 0.25) is 0 Å². The fraction of sp³-hybridized carbons (Fsp3) is 0.286. The minimum atomic E-state index is -0.269. The fourth-order valence-electron chi connectivity index (χ4n) is 2.87. The van der Waals surface area contributed by atoms with E-state index < -0.39 is 0 Å². The van der Waals surface area contributed by atoms with Gasteiger partial charge in [-0.15, -0.1) is 0 Å². The summed E-state index contributed by atoms with van der Waals surface area (Å²) in [6, 6.07) is 16.2. The molecule has 3 heteroatoms. The SMILES string of the molecule is O=C(C=Cc1ccc(F)cc1)N(Cc1ccccc1)CC1CCC1. The predicted octanol–water partition coefficient (Wildman–Crippen LogP) is 4.67. The molecule has 0 aliphatic heterocycles. The molecule has 0 N–H and O–H groups in total.